The van der Waals surface area contributed by atoms with Gasteiger partial charge in [0.2, 0.25) is 0 Å². The molecule has 160 valence electrons. The Hall–Kier alpha value is -2.96. The number of ether oxygens (including phenoxy) is 1. The first-order chi connectivity index (χ1) is 15.0. The topological polar surface area (TPSA) is 50.3 Å². The molecule has 1 unspecified atom stereocenters. The Morgan fingerprint density at radius 1 is 1.03 bits per heavy atom. The number of benzene rings is 2. The number of likely N-dealkylation sites (N-methyl/N-ethyl adjacent to an activating group) is 1. The highest BCUT2D eigenvalue weighted by Crippen LogP contribution is 2.38. The molecule has 1 N–H and O–H groups in total. The monoisotopic (exact) mass is 432 g/mol. The molecule has 31 heavy (non-hydrogen) atoms. The molecule has 4 rings (SSSR count). The van der Waals surface area contributed by atoms with Crippen LogP contribution < -0.4 is 10.1 Å². The van der Waals surface area contributed by atoms with Gasteiger partial charge >= 0.3 is 0 Å². The third-order valence-electron chi connectivity index (χ3n) is 5.63. The number of rotatable bonds is 7. The third-order valence-corrected chi connectivity index (χ3v) is 6.52. The van der Waals surface area contributed by atoms with Crippen molar-refractivity contribution in [3.63, 3.8) is 0 Å². The SMILES string of the molecule is COc1ccc(C(CNc2ncnc3scc(-c4ccc(C)cc4C)c23)N(C)C)cc1. The van der Waals surface area contributed by atoms with Crippen LogP contribution in [0, 0.1) is 13.8 Å². The van der Waals surface area contributed by atoms with Crippen molar-refractivity contribution in [2.75, 3.05) is 33.1 Å². The number of hydrogen-bond acceptors (Lipinski definition) is 6. The summed E-state index contributed by atoms with van der Waals surface area (Å²) in [7, 11) is 5.88. The normalized spacial score (nSPS) is 12.3. The molecule has 0 radical (unpaired) electrons. The van der Waals surface area contributed by atoms with E-state index in [0.29, 0.717) is 0 Å². The molecule has 0 aliphatic rings. The number of hydrogen-bond donors (Lipinski definition) is 1. The molecule has 5 nitrogen and oxygen atoms in total. The summed E-state index contributed by atoms with van der Waals surface area (Å²) < 4.78 is 5.31. The van der Waals surface area contributed by atoms with Crippen LogP contribution in [0.25, 0.3) is 21.3 Å². The summed E-state index contributed by atoms with van der Waals surface area (Å²) in [4.78, 5) is 12.3. The Morgan fingerprint density at radius 2 is 1.81 bits per heavy atom. The fourth-order valence-electron chi connectivity index (χ4n) is 3.94. The molecule has 2 aromatic heterocycles. The highest BCUT2D eigenvalue weighted by molar-refractivity contribution is 7.17. The molecular formula is C25H28N4OS. The Balaban J connectivity index is 1.67. The first-order valence-corrected chi connectivity index (χ1v) is 11.2. The van der Waals surface area contributed by atoms with Gasteiger partial charge < -0.3 is 15.0 Å². The summed E-state index contributed by atoms with van der Waals surface area (Å²) in [5.41, 5.74) is 6.17. The maximum atomic E-state index is 5.31. The molecule has 0 saturated heterocycles. The average molecular weight is 433 g/mol. The molecule has 2 aromatic carbocycles. The molecule has 4 aromatic rings. The summed E-state index contributed by atoms with van der Waals surface area (Å²) in [6, 6.07) is 15.0. The standard InChI is InChI=1S/C25H28N4OS/c1-16-6-11-20(17(2)12-16)21-14-31-25-23(21)24(27-15-28-25)26-13-22(29(3)4)18-7-9-19(30-5)10-8-18/h6-12,14-15,22H,13H2,1-5H3,(H,26,27,28). The minimum Gasteiger partial charge on any atom is -0.497 e. The smallest absolute Gasteiger partial charge is 0.138 e. The van der Waals surface area contributed by atoms with Gasteiger partial charge in [0.25, 0.3) is 0 Å². The molecule has 2 heterocycles. The van der Waals surface area contributed by atoms with Crippen LogP contribution in [0.4, 0.5) is 5.82 Å². The second-order valence-electron chi connectivity index (χ2n) is 8.00. The quantitative estimate of drug-likeness (QED) is 0.406. The van der Waals surface area contributed by atoms with Crippen molar-refractivity contribution < 1.29 is 4.74 Å². The number of aryl methyl sites for hydroxylation is 2. The maximum absolute atomic E-state index is 5.31. The van der Waals surface area contributed by atoms with Gasteiger partial charge in [0.05, 0.1) is 18.5 Å². The van der Waals surface area contributed by atoms with E-state index in [2.05, 4.69) is 83.8 Å². The van der Waals surface area contributed by atoms with Crippen LogP contribution in [-0.4, -0.2) is 42.6 Å². The number of anilines is 1. The molecule has 6 heteroatoms. The minimum atomic E-state index is 0.194. The van der Waals surface area contributed by atoms with E-state index in [1.807, 2.05) is 12.1 Å². The number of nitrogens with zero attached hydrogens (tertiary/aromatic N) is 3. The van der Waals surface area contributed by atoms with E-state index in [1.165, 1.54) is 27.8 Å². The highest BCUT2D eigenvalue weighted by Gasteiger charge is 2.18. The zero-order valence-corrected chi connectivity index (χ0v) is 19.5. The molecule has 0 saturated carbocycles. The van der Waals surface area contributed by atoms with E-state index in [4.69, 9.17) is 4.74 Å². The van der Waals surface area contributed by atoms with Gasteiger partial charge in [0.15, 0.2) is 0 Å². The van der Waals surface area contributed by atoms with Crippen LogP contribution in [0.5, 0.6) is 5.75 Å². The summed E-state index contributed by atoms with van der Waals surface area (Å²) in [6.07, 6.45) is 1.64. The van der Waals surface area contributed by atoms with Gasteiger partial charge in [0.1, 0.15) is 22.7 Å². The van der Waals surface area contributed by atoms with Crippen LogP contribution in [0.2, 0.25) is 0 Å². The molecule has 0 aliphatic heterocycles. The van der Waals surface area contributed by atoms with Gasteiger partial charge in [-0.2, -0.15) is 0 Å². The molecule has 0 bridgehead atoms. The zero-order chi connectivity index (χ0) is 22.0. The van der Waals surface area contributed by atoms with Gasteiger partial charge in [0, 0.05) is 17.5 Å². The predicted octanol–water partition coefficient (Wildman–Crippen LogP) is 5.70. The lowest BCUT2D eigenvalue weighted by Gasteiger charge is -2.25. The summed E-state index contributed by atoms with van der Waals surface area (Å²) in [6.45, 7) is 5.02. The lowest BCUT2D eigenvalue weighted by Crippen LogP contribution is -2.27. The van der Waals surface area contributed by atoms with Gasteiger partial charge in [-0.25, -0.2) is 9.97 Å². The fraction of sp³-hybridized carbons (Fsp3) is 0.280. The molecule has 0 spiro atoms. The predicted molar refractivity (Wildman–Crippen MR) is 130 cm³/mol. The number of fused-ring (bicyclic) bond motifs is 1. The largest absolute Gasteiger partial charge is 0.497 e. The zero-order valence-electron chi connectivity index (χ0n) is 18.6. The second-order valence-corrected chi connectivity index (χ2v) is 8.86. The molecular weight excluding hydrogens is 404 g/mol. The van der Waals surface area contributed by atoms with Crippen LogP contribution >= 0.6 is 11.3 Å². The first kappa shape index (κ1) is 21.3. The third kappa shape index (κ3) is 4.40. The highest BCUT2D eigenvalue weighted by atomic mass is 32.1. The number of methoxy groups -OCH3 is 1. The van der Waals surface area contributed by atoms with Crippen LogP contribution in [0.1, 0.15) is 22.7 Å². The summed E-state index contributed by atoms with van der Waals surface area (Å²) in [5.74, 6) is 1.74. The fourth-order valence-corrected chi connectivity index (χ4v) is 4.85. The second kappa shape index (κ2) is 9.04. The van der Waals surface area contributed by atoms with Crippen molar-refractivity contribution in [3.8, 4) is 16.9 Å². The Morgan fingerprint density at radius 3 is 2.48 bits per heavy atom. The van der Waals surface area contributed by atoms with Crippen LogP contribution in [-0.2, 0) is 0 Å². The van der Waals surface area contributed by atoms with Crippen molar-refractivity contribution in [1.29, 1.82) is 0 Å². The molecule has 0 fully saturated rings. The Bertz CT molecular complexity index is 1180. The van der Waals surface area contributed by atoms with Crippen LogP contribution in [0.15, 0.2) is 54.2 Å². The van der Waals surface area contributed by atoms with Crippen molar-refractivity contribution in [1.82, 2.24) is 14.9 Å². The van der Waals surface area contributed by atoms with Crippen molar-refractivity contribution in [3.05, 3.63) is 70.9 Å². The van der Waals surface area contributed by atoms with E-state index in [0.717, 1.165) is 28.3 Å². The van der Waals surface area contributed by atoms with Gasteiger partial charge in [-0.1, -0.05) is 35.9 Å². The van der Waals surface area contributed by atoms with E-state index in [1.54, 1.807) is 24.8 Å². The number of thiophene rings is 1. The van der Waals surface area contributed by atoms with Gasteiger partial charge in [-0.15, -0.1) is 11.3 Å². The van der Waals surface area contributed by atoms with E-state index in [9.17, 15) is 0 Å². The number of aromatic nitrogens is 2. The lowest BCUT2D eigenvalue weighted by molar-refractivity contribution is 0.311. The molecule has 0 aliphatic carbocycles. The van der Waals surface area contributed by atoms with E-state index < -0.39 is 0 Å². The van der Waals surface area contributed by atoms with Crippen molar-refractivity contribution >= 4 is 27.4 Å². The van der Waals surface area contributed by atoms with E-state index >= 15 is 0 Å². The Kier molecular flexibility index (Phi) is 6.20. The van der Waals surface area contributed by atoms with Gasteiger partial charge in [-0.3, -0.25) is 0 Å². The maximum Gasteiger partial charge on any atom is 0.138 e. The van der Waals surface area contributed by atoms with E-state index in [-0.39, 0.29) is 6.04 Å². The van der Waals surface area contributed by atoms with Crippen molar-refractivity contribution in [2.45, 2.75) is 19.9 Å². The molecule has 0 amide bonds. The van der Waals surface area contributed by atoms with Crippen LogP contribution in [0.3, 0.4) is 0 Å². The lowest BCUT2D eigenvalue weighted by atomic mass is 9.99. The number of nitrogens with one attached hydrogen (secondary N) is 1. The first-order valence-electron chi connectivity index (χ1n) is 10.3. The summed E-state index contributed by atoms with van der Waals surface area (Å²) >= 11 is 1.66. The van der Waals surface area contributed by atoms with Crippen molar-refractivity contribution in [2.24, 2.45) is 0 Å². The summed E-state index contributed by atoms with van der Waals surface area (Å²) in [5, 5.41) is 6.89. The Labute approximate surface area is 187 Å². The molecule has 1 atom stereocenters. The average Bonchev–Trinajstić information content (AvgIpc) is 3.19. The van der Waals surface area contributed by atoms with Gasteiger partial charge in [-0.05, 0) is 56.8 Å². The minimum absolute atomic E-state index is 0.194.